The van der Waals surface area contributed by atoms with Crippen molar-refractivity contribution in [2.45, 2.75) is 58.0 Å². The number of carbonyl (C=O) groups excluding carboxylic acids is 1. The molecule has 1 atom stereocenters. The highest BCUT2D eigenvalue weighted by Gasteiger charge is 2.33. The largest absolute Gasteiger partial charge is 0.338 e. The molecule has 3 heteroatoms. The molecule has 1 fully saturated rings. The minimum Gasteiger partial charge on any atom is -0.338 e. The molecular weight excluding hydrogens is 176 g/mol. The van der Waals surface area contributed by atoms with Crippen molar-refractivity contribution in [2.24, 2.45) is 5.73 Å². The van der Waals surface area contributed by atoms with Crippen LogP contribution < -0.4 is 5.73 Å². The third-order valence-electron chi connectivity index (χ3n) is 2.78. The zero-order chi connectivity index (χ0) is 10.6. The molecule has 1 rings (SSSR count). The summed E-state index contributed by atoms with van der Waals surface area (Å²) >= 11 is 0. The zero-order valence-electron chi connectivity index (χ0n) is 9.33. The molecular formula is C11H22N2O. The van der Waals surface area contributed by atoms with E-state index in [1.165, 1.54) is 12.8 Å². The standard InChI is InChI=1S/C11H22N2O/c1-3-5-8-13(9-6-7-9)11(14)10(12)4-2/h9-10H,3-8,12H2,1-2H3. The Morgan fingerprint density at radius 3 is 2.57 bits per heavy atom. The van der Waals surface area contributed by atoms with Gasteiger partial charge in [-0.15, -0.1) is 0 Å². The molecule has 0 aromatic carbocycles. The van der Waals surface area contributed by atoms with Crippen molar-refractivity contribution in [1.29, 1.82) is 0 Å². The quantitative estimate of drug-likeness (QED) is 0.703. The summed E-state index contributed by atoms with van der Waals surface area (Å²) in [5.41, 5.74) is 5.76. The number of unbranched alkanes of at least 4 members (excludes halogenated alkanes) is 1. The average Bonchev–Trinajstić information content (AvgIpc) is 3.01. The fraction of sp³-hybridized carbons (Fsp3) is 0.909. The van der Waals surface area contributed by atoms with Gasteiger partial charge in [0.2, 0.25) is 5.91 Å². The minimum atomic E-state index is -0.285. The van der Waals surface area contributed by atoms with Crippen LogP contribution in [0.5, 0.6) is 0 Å². The predicted octanol–water partition coefficient (Wildman–Crippen LogP) is 1.51. The maximum absolute atomic E-state index is 11.9. The van der Waals surface area contributed by atoms with Crippen LogP contribution in [0, 0.1) is 0 Å². The number of hydrogen-bond donors (Lipinski definition) is 1. The second kappa shape index (κ2) is 5.35. The van der Waals surface area contributed by atoms with E-state index in [4.69, 9.17) is 5.73 Å². The predicted molar refractivity (Wildman–Crippen MR) is 57.9 cm³/mol. The Morgan fingerprint density at radius 1 is 1.50 bits per heavy atom. The van der Waals surface area contributed by atoms with E-state index >= 15 is 0 Å². The smallest absolute Gasteiger partial charge is 0.239 e. The van der Waals surface area contributed by atoms with Crippen LogP contribution in [0.4, 0.5) is 0 Å². The lowest BCUT2D eigenvalue weighted by molar-refractivity contribution is -0.133. The second-order valence-corrected chi connectivity index (χ2v) is 4.13. The highest BCUT2D eigenvalue weighted by molar-refractivity contribution is 5.82. The van der Waals surface area contributed by atoms with Gasteiger partial charge in [0, 0.05) is 12.6 Å². The Hall–Kier alpha value is -0.570. The molecule has 1 unspecified atom stereocenters. The molecule has 3 nitrogen and oxygen atoms in total. The van der Waals surface area contributed by atoms with Gasteiger partial charge in [0.1, 0.15) is 0 Å². The monoisotopic (exact) mass is 198 g/mol. The molecule has 1 aliphatic carbocycles. The van der Waals surface area contributed by atoms with Gasteiger partial charge in [-0.1, -0.05) is 20.3 Å². The van der Waals surface area contributed by atoms with Crippen molar-refractivity contribution in [3.05, 3.63) is 0 Å². The molecule has 0 radical (unpaired) electrons. The molecule has 2 N–H and O–H groups in total. The fourth-order valence-corrected chi connectivity index (χ4v) is 1.57. The second-order valence-electron chi connectivity index (χ2n) is 4.13. The van der Waals surface area contributed by atoms with E-state index in [0.717, 1.165) is 25.8 Å². The van der Waals surface area contributed by atoms with Gasteiger partial charge in [-0.25, -0.2) is 0 Å². The molecule has 0 aromatic heterocycles. The van der Waals surface area contributed by atoms with Gasteiger partial charge in [0.05, 0.1) is 6.04 Å². The lowest BCUT2D eigenvalue weighted by Gasteiger charge is -2.25. The van der Waals surface area contributed by atoms with Gasteiger partial charge < -0.3 is 10.6 Å². The molecule has 14 heavy (non-hydrogen) atoms. The van der Waals surface area contributed by atoms with E-state index in [1.54, 1.807) is 0 Å². The first-order chi connectivity index (χ1) is 6.70. The maximum atomic E-state index is 11.9. The third kappa shape index (κ3) is 2.98. The van der Waals surface area contributed by atoms with Crippen LogP contribution in [0.25, 0.3) is 0 Å². The summed E-state index contributed by atoms with van der Waals surface area (Å²) in [5.74, 6) is 0.156. The van der Waals surface area contributed by atoms with Crippen molar-refractivity contribution in [3.8, 4) is 0 Å². The van der Waals surface area contributed by atoms with Crippen molar-refractivity contribution < 1.29 is 4.79 Å². The summed E-state index contributed by atoms with van der Waals surface area (Å²) in [6.07, 6.45) is 5.32. The Kier molecular flexibility index (Phi) is 4.39. The Balaban J connectivity index is 2.44. The molecule has 0 heterocycles. The van der Waals surface area contributed by atoms with Crippen LogP contribution in [-0.4, -0.2) is 29.4 Å². The van der Waals surface area contributed by atoms with Crippen LogP contribution in [-0.2, 0) is 4.79 Å². The molecule has 1 aliphatic rings. The number of nitrogens with two attached hydrogens (primary N) is 1. The molecule has 1 saturated carbocycles. The van der Waals surface area contributed by atoms with Gasteiger partial charge >= 0.3 is 0 Å². The SMILES string of the molecule is CCCCN(C(=O)C(N)CC)C1CC1. The van der Waals surface area contributed by atoms with Crippen LogP contribution in [0.3, 0.4) is 0 Å². The first-order valence-corrected chi connectivity index (χ1v) is 5.76. The maximum Gasteiger partial charge on any atom is 0.239 e. The number of rotatable bonds is 6. The topological polar surface area (TPSA) is 46.3 Å². The number of amides is 1. The van der Waals surface area contributed by atoms with Gasteiger partial charge in [-0.05, 0) is 25.7 Å². The van der Waals surface area contributed by atoms with E-state index in [0.29, 0.717) is 6.04 Å². The summed E-state index contributed by atoms with van der Waals surface area (Å²) in [5, 5.41) is 0. The summed E-state index contributed by atoms with van der Waals surface area (Å²) in [7, 11) is 0. The Morgan fingerprint density at radius 2 is 2.14 bits per heavy atom. The van der Waals surface area contributed by atoms with E-state index in [1.807, 2.05) is 11.8 Å². The van der Waals surface area contributed by atoms with Crippen molar-refractivity contribution >= 4 is 5.91 Å². The number of carbonyl (C=O) groups is 1. The Labute approximate surface area is 86.6 Å². The van der Waals surface area contributed by atoms with E-state index < -0.39 is 0 Å². The van der Waals surface area contributed by atoms with Crippen LogP contribution in [0.1, 0.15) is 46.0 Å². The molecule has 0 saturated heterocycles. The highest BCUT2D eigenvalue weighted by Crippen LogP contribution is 2.27. The van der Waals surface area contributed by atoms with Gasteiger partial charge in [0.25, 0.3) is 0 Å². The van der Waals surface area contributed by atoms with E-state index in [2.05, 4.69) is 6.92 Å². The first-order valence-electron chi connectivity index (χ1n) is 5.76. The average molecular weight is 198 g/mol. The molecule has 0 bridgehead atoms. The summed E-state index contributed by atoms with van der Waals surface area (Å²) in [4.78, 5) is 13.9. The number of nitrogens with zero attached hydrogens (tertiary/aromatic N) is 1. The molecule has 0 aliphatic heterocycles. The molecule has 0 spiro atoms. The van der Waals surface area contributed by atoms with E-state index in [-0.39, 0.29) is 11.9 Å². The highest BCUT2D eigenvalue weighted by atomic mass is 16.2. The van der Waals surface area contributed by atoms with Crippen molar-refractivity contribution in [1.82, 2.24) is 4.90 Å². The van der Waals surface area contributed by atoms with E-state index in [9.17, 15) is 4.79 Å². The van der Waals surface area contributed by atoms with Crippen molar-refractivity contribution in [3.63, 3.8) is 0 Å². The first kappa shape index (κ1) is 11.5. The molecule has 82 valence electrons. The van der Waals surface area contributed by atoms with Crippen molar-refractivity contribution in [2.75, 3.05) is 6.54 Å². The summed E-state index contributed by atoms with van der Waals surface area (Å²) in [6, 6.07) is 0.221. The lowest BCUT2D eigenvalue weighted by atomic mass is 10.2. The third-order valence-corrected chi connectivity index (χ3v) is 2.78. The van der Waals surface area contributed by atoms with Gasteiger partial charge in [-0.2, -0.15) is 0 Å². The molecule has 1 amide bonds. The van der Waals surface area contributed by atoms with Crippen LogP contribution in [0.15, 0.2) is 0 Å². The Bertz CT molecular complexity index is 190. The zero-order valence-corrected chi connectivity index (χ0v) is 9.33. The summed E-state index contributed by atoms with van der Waals surface area (Å²) < 4.78 is 0. The van der Waals surface area contributed by atoms with Gasteiger partial charge in [0.15, 0.2) is 0 Å². The summed E-state index contributed by atoms with van der Waals surface area (Å²) in [6.45, 7) is 5.01. The minimum absolute atomic E-state index is 0.156. The van der Waals surface area contributed by atoms with Crippen LogP contribution >= 0.6 is 0 Å². The fourth-order valence-electron chi connectivity index (χ4n) is 1.57. The van der Waals surface area contributed by atoms with Crippen LogP contribution in [0.2, 0.25) is 0 Å². The normalized spacial score (nSPS) is 17.9. The number of hydrogen-bond acceptors (Lipinski definition) is 2. The van der Waals surface area contributed by atoms with Gasteiger partial charge in [-0.3, -0.25) is 4.79 Å². The molecule has 0 aromatic rings. The lowest BCUT2D eigenvalue weighted by Crippen LogP contribution is -2.45.